The lowest BCUT2D eigenvalue weighted by Crippen LogP contribution is -2.42. The molecule has 4 aromatic rings. The fourth-order valence-electron chi connectivity index (χ4n) is 5.27. The molecule has 4 nitrogen and oxygen atoms in total. The van der Waals surface area contributed by atoms with E-state index in [1.807, 2.05) is 48.5 Å². The summed E-state index contributed by atoms with van der Waals surface area (Å²) in [6.45, 7) is 8.41. The first-order chi connectivity index (χ1) is 15.7. The first-order valence-electron chi connectivity index (χ1n) is 11.2. The third-order valence-corrected chi connectivity index (χ3v) is 10.3. The van der Waals surface area contributed by atoms with Gasteiger partial charge in [0.15, 0.2) is 0 Å². The molecular weight excluding hydrogens is 449 g/mol. The molecule has 33 heavy (non-hydrogen) atoms. The van der Waals surface area contributed by atoms with Gasteiger partial charge in [-0.1, -0.05) is 60.7 Å². The first-order valence-corrected chi connectivity index (χ1v) is 13.6. The Balaban J connectivity index is 1.67. The van der Waals surface area contributed by atoms with Crippen molar-refractivity contribution in [2.75, 3.05) is 0 Å². The van der Waals surface area contributed by atoms with E-state index in [9.17, 15) is 4.57 Å². The van der Waals surface area contributed by atoms with Crippen LogP contribution < -0.4 is 14.4 Å². The van der Waals surface area contributed by atoms with E-state index in [1.165, 1.54) is 0 Å². The minimum absolute atomic E-state index is 0.247. The first kappa shape index (κ1) is 21.1. The molecule has 0 amide bonds. The van der Waals surface area contributed by atoms with E-state index < -0.39 is 13.4 Å². The SMILES string of the molecule is CC1(C)NC(P2(=O)Oc3ccc4ccccc4c3-c3c(ccc4ccccc34)O2)C(C)(C)S1. The van der Waals surface area contributed by atoms with Gasteiger partial charge in [-0.3, -0.25) is 5.32 Å². The summed E-state index contributed by atoms with van der Waals surface area (Å²) < 4.78 is 27.2. The van der Waals surface area contributed by atoms with Crippen molar-refractivity contribution in [2.24, 2.45) is 0 Å². The van der Waals surface area contributed by atoms with Crippen LogP contribution in [0.3, 0.4) is 0 Å². The van der Waals surface area contributed by atoms with Crippen LogP contribution in [0.1, 0.15) is 27.7 Å². The van der Waals surface area contributed by atoms with Crippen LogP contribution in [-0.4, -0.2) is 15.4 Å². The summed E-state index contributed by atoms with van der Waals surface area (Å²) in [5, 5.41) is 7.86. The maximum Gasteiger partial charge on any atom is 0.449 e. The molecule has 1 unspecified atom stereocenters. The van der Waals surface area contributed by atoms with E-state index in [0.29, 0.717) is 11.5 Å². The molecule has 168 valence electrons. The molecule has 0 aliphatic carbocycles. The molecule has 0 radical (unpaired) electrons. The third-order valence-electron chi connectivity index (χ3n) is 6.46. The Morgan fingerprint density at radius 3 is 1.70 bits per heavy atom. The second-order valence-electron chi connectivity index (χ2n) is 9.80. The molecular formula is C27H26NO3PS. The van der Waals surface area contributed by atoms with Crippen molar-refractivity contribution in [3.63, 3.8) is 0 Å². The van der Waals surface area contributed by atoms with Crippen LogP contribution >= 0.6 is 19.4 Å². The highest BCUT2D eigenvalue weighted by atomic mass is 32.2. The molecule has 0 aromatic heterocycles. The van der Waals surface area contributed by atoms with Crippen molar-refractivity contribution < 1.29 is 13.6 Å². The average molecular weight is 476 g/mol. The highest BCUT2D eigenvalue weighted by Gasteiger charge is 2.58. The van der Waals surface area contributed by atoms with Gasteiger partial charge in [0.05, 0.1) is 4.87 Å². The van der Waals surface area contributed by atoms with E-state index in [0.717, 1.165) is 32.7 Å². The van der Waals surface area contributed by atoms with Gasteiger partial charge in [0.1, 0.15) is 17.3 Å². The summed E-state index contributed by atoms with van der Waals surface area (Å²) in [5.74, 6) is 0.723. The van der Waals surface area contributed by atoms with Crippen LogP contribution in [0.15, 0.2) is 72.8 Å². The number of thioether (sulfide) groups is 1. The quantitative estimate of drug-likeness (QED) is 0.285. The van der Waals surface area contributed by atoms with Gasteiger partial charge in [0.2, 0.25) is 0 Å². The number of hydrogen-bond acceptors (Lipinski definition) is 5. The van der Waals surface area contributed by atoms with Gasteiger partial charge in [-0.15, -0.1) is 11.8 Å². The fraction of sp³-hybridized carbons (Fsp3) is 0.259. The lowest BCUT2D eigenvalue weighted by atomic mass is 9.92. The number of fused-ring (bicyclic) bond motifs is 7. The van der Waals surface area contributed by atoms with Crippen LogP contribution in [0.2, 0.25) is 0 Å². The Labute approximate surface area is 198 Å². The zero-order valence-electron chi connectivity index (χ0n) is 19.1. The molecule has 2 aliphatic heterocycles. The maximum atomic E-state index is 14.6. The van der Waals surface area contributed by atoms with Crippen LogP contribution in [-0.2, 0) is 4.57 Å². The zero-order chi connectivity index (χ0) is 23.0. The zero-order valence-corrected chi connectivity index (χ0v) is 20.8. The number of hydrogen-bond donors (Lipinski definition) is 1. The van der Waals surface area contributed by atoms with Crippen molar-refractivity contribution >= 4 is 40.9 Å². The van der Waals surface area contributed by atoms with Gasteiger partial charge in [-0.25, -0.2) is 4.57 Å². The third kappa shape index (κ3) is 3.29. The van der Waals surface area contributed by atoms with Crippen molar-refractivity contribution in [1.29, 1.82) is 0 Å². The fourth-order valence-corrected chi connectivity index (χ4v) is 9.91. The van der Waals surface area contributed by atoms with Gasteiger partial charge in [0.25, 0.3) is 0 Å². The summed E-state index contributed by atoms with van der Waals surface area (Å²) in [5.41, 5.74) is 1.86. The number of benzene rings is 4. The Hall–Kier alpha value is -2.46. The van der Waals surface area contributed by atoms with E-state index in [4.69, 9.17) is 9.05 Å². The predicted molar refractivity (Wildman–Crippen MR) is 138 cm³/mol. The molecule has 2 heterocycles. The summed E-state index contributed by atoms with van der Waals surface area (Å²) >= 11 is 1.76. The lowest BCUT2D eigenvalue weighted by Gasteiger charge is -2.31. The molecule has 1 N–H and O–H groups in total. The highest BCUT2D eigenvalue weighted by Crippen LogP contribution is 2.66. The van der Waals surface area contributed by atoms with Gasteiger partial charge in [0, 0.05) is 15.9 Å². The van der Waals surface area contributed by atoms with Crippen LogP contribution in [0.5, 0.6) is 11.5 Å². The van der Waals surface area contributed by atoms with Crippen molar-refractivity contribution in [1.82, 2.24) is 5.32 Å². The summed E-state index contributed by atoms with van der Waals surface area (Å²) in [6, 6.07) is 24.4. The molecule has 6 rings (SSSR count). The minimum atomic E-state index is -3.66. The Kier molecular flexibility index (Phi) is 4.49. The highest BCUT2D eigenvalue weighted by molar-refractivity contribution is 8.02. The van der Waals surface area contributed by atoms with E-state index in [2.05, 4.69) is 57.3 Å². The van der Waals surface area contributed by atoms with Gasteiger partial charge < -0.3 is 9.05 Å². The van der Waals surface area contributed by atoms with Crippen LogP contribution in [0, 0.1) is 0 Å². The average Bonchev–Trinajstić information content (AvgIpc) is 2.92. The smallest absolute Gasteiger partial charge is 0.414 e. The predicted octanol–water partition coefficient (Wildman–Crippen LogP) is 7.80. The maximum absolute atomic E-state index is 14.6. The topological polar surface area (TPSA) is 47.6 Å². The Morgan fingerprint density at radius 1 is 0.758 bits per heavy atom. The van der Waals surface area contributed by atoms with E-state index in [-0.39, 0.29) is 9.62 Å². The van der Waals surface area contributed by atoms with E-state index >= 15 is 0 Å². The molecule has 0 spiro atoms. The molecule has 0 bridgehead atoms. The molecule has 1 saturated heterocycles. The number of rotatable bonds is 1. The van der Waals surface area contributed by atoms with Crippen molar-refractivity contribution in [3.05, 3.63) is 72.8 Å². The molecule has 1 fully saturated rings. The molecule has 0 saturated carbocycles. The van der Waals surface area contributed by atoms with Gasteiger partial charge in [-0.2, -0.15) is 0 Å². The second-order valence-corrected chi connectivity index (χ2v) is 14.0. The second kappa shape index (κ2) is 7.02. The Bertz CT molecular complexity index is 1390. The standard InChI is InChI=1S/C27H26NO3PS/c1-26(2)25(28-27(3,4)33-26)32(29)30-21-15-13-17-9-5-7-11-19(17)23(21)24-20-12-8-6-10-18(20)14-16-22(24)31-32/h5-16,25,28H,1-4H3. The van der Waals surface area contributed by atoms with Crippen LogP contribution in [0.25, 0.3) is 32.7 Å². The van der Waals surface area contributed by atoms with Crippen LogP contribution in [0.4, 0.5) is 0 Å². The van der Waals surface area contributed by atoms with Crippen molar-refractivity contribution in [3.8, 4) is 22.6 Å². The summed E-state index contributed by atoms with van der Waals surface area (Å²) in [6.07, 6.45) is 0. The lowest BCUT2D eigenvalue weighted by molar-refractivity contribution is 0.348. The summed E-state index contributed by atoms with van der Waals surface area (Å²) in [7, 11) is -3.66. The summed E-state index contributed by atoms with van der Waals surface area (Å²) in [4.78, 5) is -0.247. The minimum Gasteiger partial charge on any atom is -0.414 e. The normalized spacial score (nSPS) is 22.1. The largest absolute Gasteiger partial charge is 0.449 e. The molecule has 1 atom stereocenters. The van der Waals surface area contributed by atoms with Gasteiger partial charge >= 0.3 is 7.60 Å². The molecule has 6 heteroatoms. The monoisotopic (exact) mass is 475 g/mol. The Morgan fingerprint density at radius 2 is 1.24 bits per heavy atom. The van der Waals surface area contributed by atoms with Crippen molar-refractivity contribution in [2.45, 2.75) is 43.1 Å². The van der Waals surface area contributed by atoms with Gasteiger partial charge in [-0.05, 0) is 61.4 Å². The number of nitrogens with one attached hydrogen (secondary N) is 1. The molecule has 4 aromatic carbocycles. The van der Waals surface area contributed by atoms with E-state index in [1.54, 1.807) is 11.8 Å². The molecule has 2 aliphatic rings.